The van der Waals surface area contributed by atoms with Crippen molar-refractivity contribution in [1.29, 1.82) is 0 Å². The summed E-state index contributed by atoms with van der Waals surface area (Å²) in [6, 6.07) is 64.9. The summed E-state index contributed by atoms with van der Waals surface area (Å²) in [5.74, 6) is 1.73. The Bertz CT molecular complexity index is 3690. The molecule has 4 saturated carbocycles. The number of rotatable bonds is 5. The van der Waals surface area contributed by atoms with E-state index in [0.29, 0.717) is 5.41 Å². The predicted octanol–water partition coefficient (Wildman–Crippen LogP) is 16.9. The van der Waals surface area contributed by atoms with Crippen molar-refractivity contribution in [2.24, 2.45) is 11.8 Å². The first-order chi connectivity index (χ1) is 35.3. The molecule has 9 aromatic rings. The van der Waals surface area contributed by atoms with Crippen LogP contribution in [0.2, 0.25) is 0 Å². The Labute approximate surface area is 426 Å². The number of aromatic nitrogens is 1. The number of anilines is 2. The minimum absolute atomic E-state index is 0.0333. The molecule has 2 nitrogen and oxygen atoms in total. The highest BCUT2D eigenvalue weighted by molar-refractivity contribution is 6.93. The van der Waals surface area contributed by atoms with Crippen LogP contribution in [-0.4, -0.2) is 11.4 Å². The van der Waals surface area contributed by atoms with Gasteiger partial charge in [0.15, 0.2) is 0 Å². The molecule has 4 bridgehead atoms. The molecule has 0 N–H and O–H groups in total. The van der Waals surface area contributed by atoms with Gasteiger partial charge in [0.2, 0.25) is 0 Å². The van der Waals surface area contributed by atoms with Gasteiger partial charge in [-0.2, -0.15) is 0 Å². The topological polar surface area (TPSA) is 8.17 Å². The van der Waals surface area contributed by atoms with E-state index in [-0.39, 0.29) is 17.7 Å². The van der Waals surface area contributed by atoms with Crippen molar-refractivity contribution in [2.45, 2.75) is 120 Å². The van der Waals surface area contributed by atoms with Gasteiger partial charge in [0, 0.05) is 38.8 Å². The van der Waals surface area contributed by atoms with Gasteiger partial charge < -0.3 is 9.38 Å². The molecule has 0 saturated heterocycles. The van der Waals surface area contributed by atoms with Crippen LogP contribution in [0.4, 0.5) is 11.4 Å². The molecule has 0 atom stereocenters. The van der Waals surface area contributed by atoms with Crippen LogP contribution in [0.15, 0.2) is 164 Å². The first-order valence-corrected chi connectivity index (χ1v) is 27.9. The number of hydrogen-bond acceptors (Lipinski definition) is 1. The fourth-order valence-corrected chi connectivity index (χ4v) is 17.0. The highest BCUT2D eigenvalue weighted by Gasteiger charge is 2.49. The Balaban J connectivity index is 1.03. The van der Waals surface area contributed by atoms with Crippen LogP contribution in [-0.2, 0) is 16.2 Å². The summed E-state index contributed by atoms with van der Waals surface area (Å²) in [4.78, 5) is 2.81. The molecule has 0 radical (unpaired) electrons. The summed E-state index contributed by atoms with van der Waals surface area (Å²) in [6.45, 7) is 4.87. The van der Waals surface area contributed by atoms with Crippen LogP contribution < -0.4 is 15.7 Å². The van der Waals surface area contributed by atoms with Gasteiger partial charge in [0.1, 0.15) is 0 Å². The first kappa shape index (κ1) is 42.0. The van der Waals surface area contributed by atoms with Crippen molar-refractivity contribution < 1.29 is 0 Å². The van der Waals surface area contributed by atoms with Crippen molar-refractivity contribution in [1.82, 2.24) is 4.57 Å². The average molecular weight is 931 g/mol. The van der Waals surface area contributed by atoms with E-state index in [9.17, 15) is 0 Å². The Hall–Kier alpha value is -6.58. The van der Waals surface area contributed by atoms with Crippen molar-refractivity contribution >= 4 is 51.0 Å². The summed E-state index contributed by atoms with van der Waals surface area (Å²) in [5, 5.41) is 2.95. The summed E-state index contributed by atoms with van der Waals surface area (Å²) in [6.07, 6.45) is 19.1. The van der Waals surface area contributed by atoms with E-state index in [1.807, 2.05) is 0 Å². The molecular weight excluding hydrogens is 868 g/mol. The molecule has 0 unspecified atom stereocenters. The standard InChI is InChI=1S/C69H63BN2/c1-67(2)59-24-10-9-23-53(59)54-40-56-57-35-49(47-21-7-4-8-22-47)36-64-65(57)70(72(63(56)41-60(54)67)52-28-25-48(26-29-52)46-19-5-3-6-20-46)61-39-51(69-33-13-17-45(43-69)18-14-34-69)38-58-55-37-50(27-30-62(55)71(64)66(58)61)68-31-11-15-44(42-68)16-12-32-68/h3-10,19-30,35-41,44-45H,11-18,31-34,42-43H2,1-2H3. The molecule has 7 aliphatic rings. The summed E-state index contributed by atoms with van der Waals surface area (Å²) in [7, 11) is 0. The van der Waals surface area contributed by atoms with Crippen LogP contribution in [0.3, 0.4) is 0 Å². The Morgan fingerprint density at radius 2 is 1.07 bits per heavy atom. The summed E-state index contributed by atoms with van der Waals surface area (Å²) in [5.41, 5.74) is 26.6. The van der Waals surface area contributed by atoms with Gasteiger partial charge in [-0.25, -0.2) is 0 Å². The maximum atomic E-state index is 2.81. The van der Waals surface area contributed by atoms with Gasteiger partial charge in [-0.1, -0.05) is 174 Å². The minimum atomic E-state index is -0.140. The number of fused-ring (bicyclic) bond motifs is 14. The van der Waals surface area contributed by atoms with E-state index in [1.165, 1.54) is 195 Å². The van der Waals surface area contributed by atoms with E-state index in [4.69, 9.17) is 0 Å². The fourth-order valence-electron chi connectivity index (χ4n) is 17.0. The van der Waals surface area contributed by atoms with Crippen LogP contribution in [0.5, 0.6) is 0 Å². The van der Waals surface area contributed by atoms with Crippen molar-refractivity contribution in [2.75, 3.05) is 4.81 Å². The zero-order valence-electron chi connectivity index (χ0n) is 42.1. The lowest BCUT2D eigenvalue weighted by molar-refractivity contribution is 0.149. The van der Waals surface area contributed by atoms with Crippen molar-refractivity contribution in [3.63, 3.8) is 0 Å². The summed E-state index contributed by atoms with van der Waals surface area (Å²) < 4.78 is 2.77. The quantitative estimate of drug-likeness (QED) is 0.156. The van der Waals surface area contributed by atoms with Crippen molar-refractivity contribution in [3.8, 4) is 50.2 Å². The lowest BCUT2D eigenvalue weighted by Crippen LogP contribution is -2.61. The highest BCUT2D eigenvalue weighted by atomic mass is 15.1. The van der Waals surface area contributed by atoms with Crippen LogP contribution >= 0.6 is 0 Å². The van der Waals surface area contributed by atoms with Crippen LogP contribution in [0.25, 0.3) is 72.0 Å². The molecular formula is C69H63BN2. The number of nitrogens with zero attached hydrogens (tertiary/aromatic N) is 2. The Kier molecular flexibility index (Phi) is 8.88. The van der Waals surface area contributed by atoms with Gasteiger partial charge in [-0.05, 0) is 188 Å². The third-order valence-corrected chi connectivity index (χ3v) is 20.4. The fraction of sp³-hybridized carbons (Fsp3) is 0.304. The van der Waals surface area contributed by atoms with E-state index in [2.05, 4.69) is 187 Å². The molecule has 0 spiro atoms. The largest absolute Gasteiger partial charge is 0.376 e. The lowest BCUT2D eigenvalue weighted by atomic mass is 9.43. The third kappa shape index (κ3) is 5.86. The second kappa shape index (κ2) is 15.2. The van der Waals surface area contributed by atoms with Gasteiger partial charge in [-0.15, -0.1) is 0 Å². The van der Waals surface area contributed by atoms with E-state index < -0.39 is 0 Å². The third-order valence-electron chi connectivity index (χ3n) is 20.4. The van der Waals surface area contributed by atoms with Crippen LogP contribution in [0.1, 0.15) is 126 Å². The second-order valence-electron chi connectivity index (χ2n) is 24.4. The zero-order valence-corrected chi connectivity index (χ0v) is 42.1. The van der Waals surface area contributed by atoms with E-state index in [1.54, 1.807) is 11.1 Å². The van der Waals surface area contributed by atoms with Crippen LogP contribution in [0, 0.1) is 11.8 Å². The van der Waals surface area contributed by atoms with E-state index in [0.717, 1.165) is 11.8 Å². The number of hydrogen-bond donors (Lipinski definition) is 0. The minimum Gasteiger partial charge on any atom is -0.376 e. The molecule has 0 amide bonds. The molecule has 352 valence electrons. The molecule has 16 rings (SSSR count). The molecule has 8 aromatic carbocycles. The monoisotopic (exact) mass is 931 g/mol. The average Bonchev–Trinajstić information content (AvgIpc) is 3.87. The Morgan fingerprint density at radius 1 is 0.458 bits per heavy atom. The smallest absolute Gasteiger partial charge is 0.333 e. The molecule has 4 fully saturated rings. The van der Waals surface area contributed by atoms with Gasteiger partial charge in [-0.3, -0.25) is 0 Å². The first-order valence-electron chi connectivity index (χ1n) is 27.9. The predicted molar refractivity (Wildman–Crippen MR) is 303 cm³/mol. The normalized spacial score (nSPS) is 23.9. The zero-order chi connectivity index (χ0) is 47.5. The SMILES string of the molecule is CC1(C)c2ccccc2-c2cc3c(cc21)N(c1ccc(-c2ccccc2)cc1)B1c2c-3cc(-c3ccccc3)cc2-n2c3ccc(C45CCCC(CCC4)C5)cc3c3cc(C45CCCC(CCC4)C5)cc1c32. The maximum Gasteiger partial charge on any atom is 0.333 e. The molecule has 2 aliphatic heterocycles. The van der Waals surface area contributed by atoms with Crippen molar-refractivity contribution in [3.05, 3.63) is 186 Å². The maximum absolute atomic E-state index is 2.81. The molecule has 1 aromatic heterocycles. The molecule has 3 heteroatoms. The Morgan fingerprint density at radius 3 is 1.76 bits per heavy atom. The van der Waals surface area contributed by atoms with Gasteiger partial charge in [0.05, 0.1) is 11.0 Å². The second-order valence-corrected chi connectivity index (χ2v) is 24.4. The number of benzene rings is 8. The molecule has 5 aliphatic carbocycles. The highest BCUT2D eigenvalue weighted by Crippen LogP contribution is 2.57. The molecule has 72 heavy (non-hydrogen) atoms. The van der Waals surface area contributed by atoms with Gasteiger partial charge >= 0.3 is 6.85 Å². The molecule has 3 heterocycles. The lowest BCUT2D eigenvalue weighted by Gasteiger charge is -2.47. The van der Waals surface area contributed by atoms with E-state index >= 15 is 0 Å². The summed E-state index contributed by atoms with van der Waals surface area (Å²) >= 11 is 0. The van der Waals surface area contributed by atoms with Gasteiger partial charge in [0.25, 0.3) is 0 Å².